The molecule has 1 rings (SSSR count). The molecule has 0 saturated heterocycles. The minimum atomic E-state index is 0.169. The maximum absolute atomic E-state index is 5.63. The van der Waals surface area contributed by atoms with Crippen molar-refractivity contribution >= 4 is 15.9 Å². The fourth-order valence-corrected chi connectivity index (χ4v) is 2.18. The Morgan fingerprint density at radius 1 is 1.36 bits per heavy atom. The first-order chi connectivity index (χ1) is 6.47. The zero-order valence-electron chi connectivity index (χ0n) is 9.10. The number of hydrogen-bond donors (Lipinski definition) is 1. The molecule has 1 aromatic carbocycles. The van der Waals surface area contributed by atoms with Crippen LogP contribution in [0, 0.1) is 6.92 Å². The van der Waals surface area contributed by atoms with Crippen molar-refractivity contribution in [2.75, 3.05) is 6.54 Å². The van der Waals surface area contributed by atoms with Crippen molar-refractivity contribution in [1.29, 1.82) is 0 Å². The summed E-state index contributed by atoms with van der Waals surface area (Å²) in [6, 6.07) is 6.43. The number of benzene rings is 1. The molecule has 0 spiro atoms. The van der Waals surface area contributed by atoms with Crippen molar-refractivity contribution in [3.63, 3.8) is 0 Å². The average Bonchev–Trinajstić information content (AvgIpc) is 2.09. The van der Waals surface area contributed by atoms with Gasteiger partial charge in [0.25, 0.3) is 0 Å². The van der Waals surface area contributed by atoms with Gasteiger partial charge in [-0.05, 0) is 48.6 Å². The van der Waals surface area contributed by atoms with E-state index < -0.39 is 0 Å². The van der Waals surface area contributed by atoms with Crippen LogP contribution in [0.1, 0.15) is 31.4 Å². The molecular weight excluding hydrogens is 238 g/mol. The molecule has 0 unspecified atom stereocenters. The first kappa shape index (κ1) is 11.7. The Kier molecular flexibility index (Phi) is 3.73. The highest BCUT2D eigenvalue weighted by Gasteiger charge is 2.21. The first-order valence-electron chi connectivity index (χ1n) is 4.94. The van der Waals surface area contributed by atoms with E-state index in [-0.39, 0.29) is 5.41 Å². The molecule has 0 aliphatic heterocycles. The molecule has 0 heterocycles. The Morgan fingerprint density at radius 3 is 2.57 bits per heavy atom. The van der Waals surface area contributed by atoms with Crippen molar-refractivity contribution in [3.05, 3.63) is 33.8 Å². The molecule has 78 valence electrons. The minimum absolute atomic E-state index is 0.169. The lowest BCUT2D eigenvalue weighted by Crippen LogP contribution is -2.22. The maximum Gasteiger partial charge on any atom is 0.0178 e. The van der Waals surface area contributed by atoms with Crippen molar-refractivity contribution in [1.82, 2.24) is 0 Å². The zero-order valence-corrected chi connectivity index (χ0v) is 10.7. The van der Waals surface area contributed by atoms with E-state index in [1.165, 1.54) is 11.1 Å². The van der Waals surface area contributed by atoms with Gasteiger partial charge in [0.1, 0.15) is 0 Å². The summed E-state index contributed by atoms with van der Waals surface area (Å²) in [6.45, 7) is 7.38. The fraction of sp³-hybridized carbons (Fsp3) is 0.500. The maximum atomic E-state index is 5.63. The van der Waals surface area contributed by atoms with Crippen LogP contribution in [0.3, 0.4) is 0 Å². The van der Waals surface area contributed by atoms with Gasteiger partial charge in [-0.2, -0.15) is 0 Å². The van der Waals surface area contributed by atoms with Gasteiger partial charge < -0.3 is 5.73 Å². The van der Waals surface area contributed by atoms with E-state index >= 15 is 0 Å². The Bertz CT molecular complexity index is 318. The SMILES string of the molecule is Cc1ccc(Br)cc1C(C)(C)CCN. The standard InChI is InChI=1S/C12H18BrN/c1-9-4-5-10(13)8-11(9)12(2,3)6-7-14/h4-5,8H,6-7,14H2,1-3H3. The molecule has 0 aliphatic rings. The molecule has 0 aliphatic carbocycles. The lowest BCUT2D eigenvalue weighted by molar-refractivity contribution is 0.485. The third-order valence-corrected chi connectivity index (χ3v) is 3.19. The molecule has 1 aromatic rings. The van der Waals surface area contributed by atoms with Gasteiger partial charge in [-0.3, -0.25) is 0 Å². The lowest BCUT2D eigenvalue weighted by atomic mass is 9.79. The fourth-order valence-electron chi connectivity index (χ4n) is 1.82. The summed E-state index contributed by atoms with van der Waals surface area (Å²) >= 11 is 3.51. The van der Waals surface area contributed by atoms with Crippen LogP contribution >= 0.6 is 15.9 Å². The van der Waals surface area contributed by atoms with Gasteiger partial charge in [0.05, 0.1) is 0 Å². The lowest BCUT2D eigenvalue weighted by Gasteiger charge is -2.26. The third-order valence-electron chi connectivity index (χ3n) is 2.70. The Labute approximate surface area is 94.8 Å². The van der Waals surface area contributed by atoms with Gasteiger partial charge in [0, 0.05) is 4.47 Å². The second kappa shape index (κ2) is 4.45. The van der Waals surface area contributed by atoms with E-state index in [1.54, 1.807) is 0 Å². The molecule has 1 nitrogen and oxygen atoms in total. The van der Waals surface area contributed by atoms with E-state index in [4.69, 9.17) is 5.73 Å². The first-order valence-corrected chi connectivity index (χ1v) is 5.73. The Balaban J connectivity index is 3.10. The van der Waals surface area contributed by atoms with Crippen LogP contribution in [0.5, 0.6) is 0 Å². The van der Waals surface area contributed by atoms with E-state index in [0.717, 1.165) is 17.4 Å². The van der Waals surface area contributed by atoms with Crippen LogP contribution < -0.4 is 5.73 Å². The smallest absolute Gasteiger partial charge is 0.0178 e. The predicted molar refractivity (Wildman–Crippen MR) is 65.6 cm³/mol. The highest BCUT2D eigenvalue weighted by atomic mass is 79.9. The molecule has 0 aromatic heterocycles. The molecule has 2 N–H and O–H groups in total. The largest absolute Gasteiger partial charge is 0.330 e. The van der Waals surface area contributed by atoms with Crippen LogP contribution in [0.25, 0.3) is 0 Å². The monoisotopic (exact) mass is 255 g/mol. The minimum Gasteiger partial charge on any atom is -0.330 e. The van der Waals surface area contributed by atoms with Crippen LogP contribution in [-0.4, -0.2) is 6.54 Å². The van der Waals surface area contributed by atoms with E-state index in [2.05, 4.69) is 54.9 Å². The summed E-state index contributed by atoms with van der Waals surface area (Å²) in [6.07, 6.45) is 1.02. The molecule has 2 heteroatoms. The van der Waals surface area contributed by atoms with Gasteiger partial charge in [-0.1, -0.05) is 35.8 Å². The van der Waals surface area contributed by atoms with Crippen molar-refractivity contribution in [2.24, 2.45) is 5.73 Å². The van der Waals surface area contributed by atoms with Crippen LogP contribution in [0.2, 0.25) is 0 Å². The summed E-state index contributed by atoms with van der Waals surface area (Å²) in [5.41, 5.74) is 8.52. The summed E-state index contributed by atoms with van der Waals surface area (Å²) in [5, 5.41) is 0. The number of halogens is 1. The highest BCUT2D eigenvalue weighted by Crippen LogP contribution is 2.31. The second-order valence-corrected chi connectivity index (χ2v) is 5.30. The Morgan fingerprint density at radius 2 is 2.00 bits per heavy atom. The quantitative estimate of drug-likeness (QED) is 0.881. The number of nitrogens with two attached hydrogens (primary N) is 1. The Hall–Kier alpha value is -0.340. The summed E-state index contributed by atoms with van der Waals surface area (Å²) in [7, 11) is 0. The molecule has 14 heavy (non-hydrogen) atoms. The van der Waals surface area contributed by atoms with Crippen molar-refractivity contribution in [2.45, 2.75) is 32.6 Å². The zero-order chi connectivity index (χ0) is 10.8. The molecule has 0 atom stereocenters. The van der Waals surface area contributed by atoms with Gasteiger partial charge in [0.2, 0.25) is 0 Å². The van der Waals surface area contributed by atoms with Gasteiger partial charge in [-0.25, -0.2) is 0 Å². The number of aryl methyl sites for hydroxylation is 1. The summed E-state index contributed by atoms with van der Waals surface area (Å²) in [5.74, 6) is 0. The topological polar surface area (TPSA) is 26.0 Å². The second-order valence-electron chi connectivity index (χ2n) is 4.38. The highest BCUT2D eigenvalue weighted by molar-refractivity contribution is 9.10. The van der Waals surface area contributed by atoms with Crippen LogP contribution in [0.4, 0.5) is 0 Å². The number of rotatable bonds is 3. The van der Waals surface area contributed by atoms with E-state index in [9.17, 15) is 0 Å². The van der Waals surface area contributed by atoms with E-state index in [1.807, 2.05) is 0 Å². The van der Waals surface area contributed by atoms with Gasteiger partial charge in [0.15, 0.2) is 0 Å². The number of hydrogen-bond acceptors (Lipinski definition) is 1. The average molecular weight is 256 g/mol. The van der Waals surface area contributed by atoms with Crippen molar-refractivity contribution < 1.29 is 0 Å². The molecule has 0 saturated carbocycles. The van der Waals surface area contributed by atoms with Gasteiger partial charge >= 0.3 is 0 Å². The molecule has 0 amide bonds. The van der Waals surface area contributed by atoms with Gasteiger partial charge in [-0.15, -0.1) is 0 Å². The summed E-state index contributed by atoms with van der Waals surface area (Å²) < 4.78 is 1.14. The molecule has 0 radical (unpaired) electrons. The molecule has 0 bridgehead atoms. The third kappa shape index (κ3) is 2.58. The predicted octanol–water partition coefficient (Wildman–Crippen LogP) is 3.38. The van der Waals surface area contributed by atoms with Crippen LogP contribution in [-0.2, 0) is 5.41 Å². The normalized spacial score (nSPS) is 11.8. The summed E-state index contributed by atoms with van der Waals surface area (Å²) in [4.78, 5) is 0. The molecule has 0 fully saturated rings. The van der Waals surface area contributed by atoms with Crippen LogP contribution in [0.15, 0.2) is 22.7 Å². The van der Waals surface area contributed by atoms with E-state index in [0.29, 0.717) is 0 Å². The van der Waals surface area contributed by atoms with Crippen molar-refractivity contribution in [3.8, 4) is 0 Å². The molecular formula is C12H18BrN.